The molecule has 0 saturated heterocycles. The number of benzene rings is 2. The third-order valence-corrected chi connectivity index (χ3v) is 5.50. The summed E-state index contributed by atoms with van der Waals surface area (Å²) in [6.45, 7) is 3.11. The van der Waals surface area contributed by atoms with Gasteiger partial charge in [-0.15, -0.1) is 11.1 Å². The summed E-state index contributed by atoms with van der Waals surface area (Å²) < 4.78 is 7.63. The Morgan fingerprint density at radius 1 is 0.526 bits per heavy atom. The second-order valence-corrected chi connectivity index (χ2v) is 8.34. The molecular formula is C28H27ClN8Pt. The van der Waals surface area contributed by atoms with E-state index < -0.39 is 0 Å². The largest absolute Gasteiger partial charge is 0.270 e. The molecule has 0 saturated carbocycles. The first-order chi connectivity index (χ1) is 18.8. The van der Waals surface area contributed by atoms with Gasteiger partial charge < -0.3 is 0 Å². The van der Waals surface area contributed by atoms with E-state index in [1.54, 1.807) is 43.6 Å². The summed E-state index contributed by atoms with van der Waals surface area (Å²) in [7, 11) is 4.61. The Balaban J connectivity index is 0.000000166. The van der Waals surface area contributed by atoms with Gasteiger partial charge in [0.2, 0.25) is 0 Å². The molecule has 2 aromatic carbocycles. The second kappa shape index (κ2) is 14.9. The van der Waals surface area contributed by atoms with Crippen molar-refractivity contribution < 1.29 is 18.8 Å². The van der Waals surface area contributed by atoms with Crippen LogP contribution in [0.5, 0.6) is 0 Å². The fourth-order valence-corrected chi connectivity index (χ4v) is 3.88. The van der Waals surface area contributed by atoms with E-state index in [9.17, 15) is 0 Å². The topological polar surface area (TPSA) is 71.3 Å². The predicted octanol–water partition coefficient (Wildman–Crippen LogP) is 4.84. The zero-order valence-corrected chi connectivity index (χ0v) is 23.6. The average Bonchev–Trinajstić information content (AvgIpc) is 3.76. The van der Waals surface area contributed by atoms with Crippen LogP contribution in [-0.2, 0) is 45.0 Å². The van der Waals surface area contributed by atoms with Crippen molar-refractivity contribution in [2.24, 2.45) is 0 Å². The van der Waals surface area contributed by atoms with Crippen LogP contribution in [0.15, 0.2) is 116 Å². The van der Waals surface area contributed by atoms with Crippen LogP contribution in [0.25, 0.3) is 0 Å². The van der Waals surface area contributed by atoms with Gasteiger partial charge in [-0.1, -0.05) is 24.3 Å². The zero-order chi connectivity index (χ0) is 26.4. The molecule has 6 aromatic rings. The van der Waals surface area contributed by atoms with Crippen LogP contribution in [0.1, 0.15) is 22.3 Å². The van der Waals surface area contributed by atoms with Crippen LogP contribution in [0.3, 0.4) is 0 Å². The molecule has 0 bridgehead atoms. The Morgan fingerprint density at radius 3 is 1.26 bits per heavy atom. The van der Waals surface area contributed by atoms with Gasteiger partial charge in [-0.2, -0.15) is 44.7 Å². The average molecular weight is 706 g/mol. The Labute approximate surface area is 237 Å². The molecule has 0 amide bonds. The maximum Gasteiger partial charge on any atom is 0.0659 e. The fourth-order valence-electron chi connectivity index (χ4n) is 3.88. The van der Waals surface area contributed by atoms with Crippen LogP contribution in [0.2, 0.25) is 0 Å². The number of nitrogens with zero attached hydrogens (tertiary/aromatic N) is 8. The van der Waals surface area contributed by atoms with Crippen molar-refractivity contribution >= 4 is 9.42 Å². The minimum atomic E-state index is 0.750. The molecule has 0 aliphatic heterocycles. The van der Waals surface area contributed by atoms with E-state index in [2.05, 4.69) is 72.3 Å². The molecule has 0 N–H and O–H groups in total. The van der Waals surface area contributed by atoms with Gasteiger partial charge in [-0.3, -0.25) is 18.7 Å². The van der Waals surface area contributed by atoms with E-state index in [1.165, 1.54) is 11.1 Å². The van der Waals surface area contributed by atoms with Gasteiger partial charge in [0.1, 0.15) is 0 Å². The van der Waals surface area contributed by atoms with Crippen molar-refractivity contribution in [3.63, 3.8) is 0 Å². The van der Waals surface area contributed by atoms with Crippen molar-refractivity contribution in [2.45, 2.75) is 26.2 Å². The molecule has 8 nitrogen and oxygen atoms in total. The summed E-state index contributed by atoms with van der Waals surface area (Å²) in [6.07, 6.45) is 15.0. The van der Waals surface area contributed by atoms with Gasteiger partial charge in [0.05, 0.1) is 13.1 Å². The van der Waals surface area contributed by atoms with E-state index in [1.807, 2.05) is 73.8 Å². The predicted molar refractivity (Wildman–Crippen MR) is 143 cm³/mol. The molecule has 196 valence electrons. The Hall–Kier alpha value is -3.74. The molecule has 0 aliphatic carbocycles. The molecule has 0 radical (unpaired) electrons. The normalized spacial score (nSPS) is 10.3. The summed E-state index contributed by atoms with van der Waals surface area (Å²) >= 11 is 1.61. The molecule has 0 fully saturated rings. The quantitative estimate of drug-likeness (QED) is 0.213. The van der Waals surface area contributed by atoms with Crippen LogP contribution < -0.4 is 0 Å². The first-order valence-corrected chi connectivity index (χ1v) is 14.7. The van der Waals surface area contributed by atoms with Gasteiger partial charge in [0, 0.05) is 62.7 Å². The molecule has 10 heteroatoms. The number of hydrogen-bond donors (Lipinski definition) is 0. The van der Waals surface area contributed by atoms with Crippen LogP contribution in [0.4, 0.5) is 0 Å². The minimum absolute atomic E-state index is 0.750. The molecule has 0 atom stereocenters. The molecular weight excluding hydrogens is 679 g/mol. The van der Waals surface area contributed by atoms with E-state index in [0.717, 1.165) is 37.3 Å². The zero-order valence-electron chi connectivity index (χ0n) is 20.6. The van der Waals surface area contributed by atoms with Gasteiger partial charge >= 0.3 is 28.2 Å². The van der Waals surface area contributed by atoms with Crippen LogP contribution in [0, 0.1) is 6.07 Å². The smallest absolute Gasteiger partial charge is 0.0659 e. The fraction of sp³-hybridized carbons (Fsp3) is 0.143. The van der Waals surface area contributed by atoms with Crippen molar-refractivity contribution in [1.29, 1.82) is 0 Å². The monoisotopic (exact) mass is 705 g/mol. The third kappa shape index (κ3) is 8.68. The van der Waals surface area contributed by atoms with E-state index in [0.29, 0.717) is 0 Å². The summed E-state index contributed by atoms with van der Waals surface area (Å²) in [5.41, 5.74) is 4.76. The molecule has 6 rings (SSSR count). The molecule has 4 aromatic heterocycles. The van der Waals surface area contributed by atoms with Crippen molar-refractivity contribution in [3.05, 3.63) is 145 Å². The summed E-state index contributed by atoms with van der Waals surface area (Å²) in [5, 5.41) is 16.8. The number of hydrogen-bond acceptors (Lipinski definition) is 4. The van der Waals surface area contributed by atoms with Crippen LogP contribution >= 0.6 is 9.42 Å². The van der Waals surface area contributed by atoms with Gasteiger partial charge in [-0.25, -0.2) is 0 Å². The van der Waals surface area contributed by atoms with E-state index >= 15 is 0 Å². The van der Waals surface area contributed by atoms with Gasteiger partial charge in [0.25, 0.3) is 0 Å². The Bertz CT molecular complexity index is 1220. The summed E-state index contributed by atoms with van der Waals surface area (Å²) in [4.78, 5) is 0. The van der Waals surface area contributed by atoms with Crippen molar-refractivity contribution in [3.8, 4) is 0 Å². The number of rotatable bonds is 8. The standard InChI is InChI=1S/C14H14N4.C14H13N4.ClH.Pt/c2*1-4-13(11-17-8-2-6-15-17)10-14(5-1)12-18-9-3-7-16-18;;/h1-10H,11-12H2;1-9H,11-12H2;1H;/q;-1;;+2/p-1. The maximum atomic E-state index is 4.61. The van der Waals surface area contributed by atoms with Gasteiger partial charge in [-0.05, 0) is 35.4 Å². The number of halogens is 1. The minimum Gasteiger partial charge on any atom is -0.270 e. The second-order valence-electron chi connectivity index (χ2n) is 8.34. The van der Waals surface area contributed by atoms with Crippen LogP contribution in [-0.4, -0.2) is 39.1 Å². The van der Waals surface area contributed by atoms with E-state index in [4.69, 9.17) is 0 Å². The van der Waals surface area contributed by atoms with E-state index in [-0.39, 0.29) is 0 Å². The SMILES string of the molecule is [Cl][Pt+].[c-]1c(Cn2cccn2)cccc1Cn1cccn1.c1cc(Cn2cccn2)cc(Cn2cccn2)c1. The van der Waals surface area contributed by atoms with Gasteiger partial charge in [0.15, 0.2) is 0 Å². The third-order valence-electron chi connectivity index (χ3n) is 5.50. The molecule has 4 heterocycles. The first-order valence-electron chi connectivity index (χ1n) is 11.9. The summed E-state index contributed by atoms with van der Waals surface area (Å²) in [6, 6.07) is 25.8. The van der Waals surface area contributed by atoms with Crippen molar-refractivity contribution in [1.82, 2.24) is 39.1 Å². The maximum absolute atomic E-state index is 4.61. The Morgan fingerprint density at radius 2 is 0.895 bits per heavy atom. The molecule has 0 unspecified atom stereocenters. The molecule has 0 aliphatic rings. The Kier molecular flexibility index (Phi) is 10.7. The molecule has 38 heavy (non-hydrogen) atoms. The molecule has 0 spiro atoms. The first kappa shape index (κ1) is 27.3. The summed E-state index contributed by atoms with van der Waals surface area (Å²) in [5.74, 6) is 0. The number of aromatic nitrogens is 8. The van der Waals surface area contributed by atoms with Crippen molar-refractivity contribution in [2.75, 3.05) is 0 Å².